The first-order valence-electron chi connectivity index (χ1n) is 15.7. The van der Waals surface area contributed by atoms with Crippen molar-refractivity contribution >= 4 is 46.7 Å². The molecule has 18 heteroatoms. The fourth-order valence-electron chi connectivity index (χ4n) is 4.86. The number of fused-ring (bicyclic) bond motifs is 1. The number of amides is 3. The number of hydrogen-bond donors (Lipinski definition) is 5. The second-order valence-corrected chi connectivity index (χ2v) is 11.4. The molecule has 0 atom stereocenters. The first-order valence-corrected chi connectivity index (χ1v) is 15.7. The lowest BCUT2D eigenvalue weighted by molar-refractivity contribution is -0.203. The number of hydrogen-bond acceptors (Lipinski definition) is 15. The quantitative estimate of drug-likeness (QED) is 0.0819. The smallest absolute Gasteiger partial charge is 0.425 e. The van der Waals surface area contributed by atoms with E-state index in [1.54, 1.807) is 26.1 Å². The number of ether oxygens (including phenoxy) is 3. The monoisotopic (exact) mass is 717 g/mol. The molecule has 0 spiro atoms. The number of esters is 1. The van der Waals surface area contributed by atoms with Crippen molar-refractivity contribution in [1.29, 1.82) is 0 Å². The molecule has 0 saturated heterocycles. The Bertz CT molecular complexity index is 2060. The van der Waals surface area contributed by atoms with Crippen LogP contribution in [0.5, 0.6) is 5.75 Å². The van der Waals surface area contributed by atoms with Crippen LogP contribution in [0.3, 0.4) is 0 Å². The van der Waals surface area contributed by atoms with Gasteiger partial charge in [-0.3, -0.25) is 14.4 Å². The fourth-order valence-corrected chi connectivity index (χ4v) is 4.86. The summed E-state index contributed by atoms with van der Waals surface area (Å²) in [6.45, 7) is 3.53. The van der Waals surface area contributed by atoms with Gasteiger partial charge in [-0.15, -0.1) is 0 Å². The van der Waals surface area contributed by atoms with E-state index in [0.717, 1.165) is 11.8 Å². The highest BCUT2D eigenvalue weighted by molar-refractivity contribution is 6.19. The Kier molecular flexibility index (Phi) is 11.4. The van der Waals surface area contributed by atoms with Gasteiger partial charge in [-0.2, -0.15) is 10.00 Å². The van der Waals surface area contributed by atoms with Gasteiger partial charge in [-0.05, 0) is 61.7 Å². The molecule has 3 aromatic heterocycles. The summed E-state index contributed by atoms with van der Waals surface area (Å²) < 4.78 is 21.7. The molecule has 0 radical (unpaired) electrons. The van der Waals surface area contributed by atoms with Gasteiger partial charge in [0.25, 0.3) is 11.8 Å². The maximum Gasteiger partial charge on any atom is 0.425 e. The van der Waals surface area contributed by atoms with Gasteiger partial charge in [0.05, 0.1) is 12.0 Å². The zero-order chi connectivity index (χ0) is 37.4. The molecule has 0 bridgehead atoms. The van der Waals surface area contributed by atoms with Crippen LogP contribution in [-0.2, 0) is 20.7 Å². The molecule has 0 aliphatic rings. The Hall–Kier alpha value is -6.37. The number of imide groups is 1. The molecule has 52 heavy (non-hydrogen) atoms. The van der Waals surface area contributed by atoms with Crippen LogP contribution in [-0.4, -0.2) is 91.3 Å². The molecule has 18 nitrogen and oxygen atoms in total. The van der Waals surface area contributed by atoms with E-state index in [0.29, 0.717) is 45.2 Å². The Morgan fingerprint density at radius 2 is 1.81 bits per heavy atom. The SMILES string of the molecule is CCNC(=O)c1cn2ncnc(Nc3cc(C(=O)N(C(=O)OCOC(=O)Cc4ccc(OCC(O)(O)CO)cc4)c4ccon4)ccc3C)c2c1C. The summed E-state index contributed by atoms with van der Waals surface area (Å²) in [6, 6.07) is 12.0. The lowest BCUT2D eigenvalue weighted by Crippen LogP contribution is -2.39. The maximum absolute atomic E-state index is 13.8. The Balaban J connectivity index is 1.25. The molecule has 5 rings (SSSR count). The molecular formula is C34H35N7O11. The molecule has 0 saturated carbocycles. The summed E-state index contributed by atoms with van der Waals surface area (Å²) >= 11 is 0. The number of rotatable bonds is 14. The highest BCUT2D eigenvalue weighted by atomic mass is 16.7. The zero-order valence-electron chi connectivity index (χ0n) is 28.2. The number of aliphatic hydroxyl groups excluding tert-OH is 1. The summed E-state index contributed by atoms with van der Waals surface area (Å²) in [6.07, 6.45) is 2.67. The molecule has 3 amide bonds. The van der Waals surface area contributed by atoms with Gasteiger partial charge in [-0.25, -0.2) is 14.3 Å². The summed E-state index contributed by atoms with van der Waals surface area (Å²) in [5, 5.41) is 41.7. The van der Waals surface area contributed by atoms with Crippen molar-refractivity contribution in [3.05, 3.63) is 95.1 Å². The third-order valence-electron chi connectivity index (χ3n) is 7.58. The van der Waals surface area contributed by atoms with Gasteiger partial charge in [0.15, 0.2) is 11.6 Å². The number of carbonyl (C=O) groups is 4. The third-order valence-corrected chi connectivity index (χ3v) is 7.58. The van der Waals surface area contributed by atoms with Gasteiger partial charge in [0.1, 0.15) is 37.1 Å². The van der Waals surface area contributed by atoms with Crippen molar-refractivity contribution in [3.8, 4) is 5.75 Å². The van der Waals surface area contributed by atoms with Gasteiger partial charge in [-0.1, -0.05) is 23.4 Å². The third kappa shape index (κ3) is 8.67. The van der Waals surface area contributed by atoms with Gasteiger partial charge >= 0.3 is 12.1 Å². The number of aryl methyl sites for hydroxylation is 2. The van der Waals surface area contributed by atoms with Crippen LogP contribution >= 0.6 is 0 Å². The molecule has 0 fully saturated rings. The minimum Gasteiger partial charge on any atom is -0.488 e. The van der Waals surface area contributed by atoms with E-state index in [4.69, 9.17) is 23.8 Å². The van der Waals surface area contributed by atoms with Crippen molar-refractivity contribution in [2.75, 3.05) is 36.8 Å². The van der Waals surface area contributed by atoms with Crippen LogP contribution in [0, 0.1) is 13.8 Å². The standard InChI is InChI=1S/C34H35N7O11/c1-4-35-31(44)25-15-40-29(21(25)3)30(36-18-37-40)38-26-14-23(8-5-20(26)2)32(45)41(27-11-12-52-39-27)33(46)51-19-50-28(43)13-22-6-9-24(10-7-22)49-17-34(47,48)16-42/h5-12,14-15,18,42,47-48H,4,13,16-17,19H2,1-3H3,(H,35,44)(H,36,37,38). The lowest BCUT2D eigenvalue weighted by Gasteiger charge is -2.19. The minimum atomic E-state index is -2.40. The Morgan fingerprint density at radius 3 is 2.50 bits per heavy atom. The predicted octanol–water partition coefficient (Wildman–Crippen LogP) is 2.41. The number of nitrogens with one attached hydrogen (secondary N) is 2. The molecule has 0 aliphatic carbocycles. The maximum atomic E-state index is 13.8. The molecule has 3 heterocycles. The van der Waals surface area contributed by atoms with E-state index in [-0.39, 0.29) is 29.5 Å². The van der Waals surface area contributed by atoms with Crippen LogP contribution in [0.2, 0.25) is 0 Å². The van der Waals surface area contributed by atoms with Crippen LogP contribution in [0.25, 0.3) is 5.52 Å². The van der Waals surface area contributed by atoms with Gasteiger partial charge in [0.2, 0.25) is 12.6 Å². The lowest BCUT2D eigenvalue weighted by atomic mass is 10.1. The second-order valence-electron chi connectivity index (χ2n) is 11.4. The summed E-state index contributed by atoms with van der Waals surface area (Å²) in [5.41, 5.74) is 3.36. The van der Waals surface area contributed by atoms with Crippen LogP contribution in [0.15, 0.2) is 71.8 Å². The molecule has 0 unspecified atom stereocenters. The largest absolute Gasteiger partial charge is 0.488 e. The first kappa shape index (κ1) is 36.9. The Morgan fingerprint density at radius 1 is 1.04 bits per heavy atom. The van der Waals surface area contributed by atoms with Crippen molar-refractivity contribution in [3.63, 3.8) is 0 Å². The van der Waals surface area contributed by atoms with Crippen LogP contribution < -0.4 is 20.3 Å². The minimum absolute atomic E-state index is 0.0534. The van der Waals surface area contributed by atoms with E-state index in [9.17, 15) is 29.4 Å². The number of aliphatic hydroxyl groups is 3. The number of nitrogens with zero attached hydrogens (tertiary/aromatic N) is 5. The highest BCUT2D eigenvalue weighted by Crippen LogP contribution is 2.28. The topological polar surface area (TPSA) is 240 Å². The molecule has 2 aromatic carbocycles. The average Bonchev–Trinajstić information content (AvgIpc) is 3.78. The van der Waals surface area contributed by atoms with E-state index in [1.807, 2.05) is 6.92 Å². The van der Waals surface area contributed by atoms with E-state index < -0.39 is 43.8 Å². The Labute approximate surface area is 295 Å². The average molecular weight is 718 g/mol. The van der Waals surface area contributed by atoms with Crippen molar-refractivity contribution in [2.45, 2.75) is 33.0 Å². The van der Waals surface area contributed by atoms with E-state index >= 15 is 0 Å². The summed E-state index contributed by atoms with van der Waals surface area (Å²) in [5.74, 6) is -3.80. The number of anilines is 3. The summed E-state index contributed by atoms with van der Waals surface area (Å²) in [4.78, 5) is 57.0. The summed E-state index contributed by atoms with van der Waals surface area (Å²) in [7, 11) is 0. The van der Waals surface area contributed by atoms with Crippen molar-refractivity contribution < 1.29 is 53.2 Å². The van der Waals surface area contributed by atoms with Crippen LogP contribution in [0.4, 0.5) is 22.1 Å². The second kappa shape index (κ2) is 16.1. The van der Waals surface area contributed by atoms with Crippen molar-refractivity contribution in [1.82, 2.24) is 25.1 Å². The molecule has 5 aromatic rings. The molecule has 0 aliphatic heterocycles. The first-order chi connectivity index (χ1) is 24.9. The molecule has 272 valence electrons. The predicted molar refractivity (Wildman–Crippen MR) is 181 cm³/mol. The van der Waals surface area contributed by atoms with Gasteiger partial charge in [0, 0.05) is 30.1 Å². The van der Waals surface area contributed by atoms with Gasteiger partial charge < -0.3 is 44.7 Å². The van der Waals surface area contributed by atoms with E-state index in [1.165, 1.54) is 53.3 Å². The number of aromatic nitrogens is 4. The zero-order valence-corrected chi connectivity index (χ0v) is 28.2. The van der Waals surface area contributed by atoms with E-state index in [2.05, 4.69) is 25.9 Å². The number of carbonyl (C=O) groups excluding carboxylic acids is 4. The van der Waals surface area contributed by atoms with Crippen molar-refractivity contribution in [2.24, 2.45) is 0 Å². The normalized spacial score (nSPS) is 11.2. The highest BCUT2D eigenvalue weighted by Gasteiger charge is 2.30. The molecular weight excluding hydrogens is 682 g/mol. The molecule has 5 N–H and O–H groups in total. The fraction of sp³-hybridized carbons (Fsp3) is 0.265. The van der Waals surface area contributed by atoms with Crippen LogP contribution in [0.1, 0.15) is 44.3 Å². The number of benzene rings is 2.